The molecule has 6 rings (SSSR count). The summed E-state index contributed by atoms with van der Waals surface area (Å²) < 4.78 is 8.77. The summed E-state index contributed by atoms with van der Waals surface area (Å²) in [6.07, 6.45) is 0.531. The van der Waals surface area contributed by atoms with Crippen molar-refractivity contribution in [2.75, 3.05) is 6.61 Å². The van der Waals surface area contributed by atoms with Crippen molar-refractivity contribution in [3.63, 3.8) is 0 Å². The highest BCUT2D eigenvalue weighted by Crippen LogP contribution is 2.47. The molecule has 1 N–H and O–H groups in total. The van der Waals surface area contributed by atoms with Gasteiger partial charge in [0, 0.05) is 39.3 Å². The second-order valence-corrected chi connectivity index (χ2v) is 10.0. The van der Waals surface area contributed by atoms with Crippen molar-refractivity contribution < 1.29 is 9.84 Å². The Morgan fingerprint density at radius 3 is 2.28 bits per heavy atom. The number of aliphatic hydroxyl groups is 1. The predicted octanol–water partition coefficient (Wildman–Crippen LogP) is 6.85. The lowest BCUT2D eigenvalue weighted by atomic mass is 9.92. The summed E-state index contributed by atoms with van der Waals surface area (Å²) in [7, 11) is 0. The van der Waals surface area contributed by atoms with E-state index in [2.05, 4.69) is 36.4 Å². The van der Waals surface area contributed by atoms with Gasteiger partial charge < -0.3 is 9.84 Å². The van der Waals surface area contributed by atoms with Crippen LogP contribution in [-0.4, -0.2) is 17.3 Å². The lowest BCUT2D eigenvalue weighted by molar-refractivity contribution is 0.0784. The Balaban J connectivity index is 1.88. The molecule has 0 unspecified atom stereocenters. The third-order valence-corrected chi connectivity index (χ3v) is 7.58. The second-order valence-electron chi connectivity index (χ2n) is 8.97. The van der Waals surface area contributed by atoms with E-state index < -0.39 is 5.60 Å². The largest absolute Gasteiger partial charge is 0.486 e. The molecule has 0 atom stereocenters. The fraction of sp³-hybridized carbons (Fsp3) is 0.179. The van der Waals surface area contributed by atoms with Crippen LogP contribution in [0, 0.1) is 0 Å². The summed E-state index contributed by atoms with van der Waals surface area (Å²) in [5.41, 5.74) is -0.450. The monoisotopic (exact) mass is 438 g/mol. The molecule has 0 aliphatic rings. The number of aliphatic hydroxyl groups excluding tert-OH is 1. The van der Waals surface area contributed by atoms with E-state index in [9.17, 15) is 9.90 Å². The summed E-state index contributed by atoms with van der Waals surface area (Å²) in [5.74, 6) is 0.799. The third-order valence-electron chi connectivity index (χ3n) is 6.40. The molecule has 0 saturated heterocycles. The Bertz CT molecular complexity index is 1710. The van der Waals surface area contributed by atoms with Crippen LogP contribution in [0.3, 0.4) is 0 Å². The molecule has 3 nitrogen and oxygen atoms in total. The van der Waals surface area contributed by atoms with E-state index in [1.165, 1.54) is 10.1 Å². The number of ether oxygens (including phenoxy) is 1. The van der Waals surface area contributed by atoms with Crippen molar-refractivity contribution in [1.29, 1.82) is 0 Å². The van der Waals surface area contributed by atoms with Crippen LogP contribution in [0.15, 0.2) is 71.5 Å². The summed E-state index contributed by atoms with van der Waals surface area (Å²) in [5, 5.41) is 17.4. The maximum Gasteiger partial charge on any atom is 0.194 e. The molecular formula is C28H22O3S. The zero-order valence-corrected chi connectivity index (χ0v) is 18.8. The highest BCUT2D eigenvalue weighted by molar-refractivity contribution is 7.25. The van der Waals surface area contributed by atoms with Gasteiger partial charge in [-0.25, -0.2) is 0 Å². The van der Waals surface area contributed by atoms with E-state index in [1.807, 2.05) is 44.2 Å². The van der Waals surface area contributed by atoms with Crippen LogP contribution in [0.2, 0.25) is 0 Å². The molecule has 0 amide bonds. The molecule has 0 bridgehead atoms. The Hall–Kier alpha value is -3.21. The van der Waals surface area contributed by atoms with Crippen molar-refractivity contribution in [3.05, 3.63) is 77.0 Å². The smallest absolute Gasteiger partial charge is 0.194 e. The van der Waals surface area contributed by atoms with Crippen LogP contribution in [0.1, 0.15) is 20.3 Å². The van der Waals surface area contributed by atoms with Gasteiger partial charge in [-0.1, -0.05) is 48.5 Å². The van der Waals surface area contributed by atoms with Crippen LogP contribution < -0.4 is 10.2 Å². The van der Waals surface area contributed by atoms with E-state index in [4.69, 9.17) is 4.74 Å². The van der Waals surface area contributed by atoms with Gasteiger partial charge in [0.05, 0.1) is 4.70 Å². The number of fused-ring (bicyclic) bond motifs is 4. The van der Waals surface area contributed by atoms with Crippen LogP contribution in [0.25, 0.3) is 52.5 Å². The van der Waals surface area contributed by atoms with Crippen molar-refractivity contribution in [2.24, 2.45) is 0 Å². The summed E-state index contributed by atoms with van der Waals surface area (Å²) in [4.78, 5) is 13.4. The van der Waals surface area contributed by atoms with Crippen molar-refractivity contribution in [2.45, 2.75) is 25.9 Å². The highest BCUT2D eigenvalue weighted by Gasteiger charge is 2.24. The number of benzene rings is 5. The van der Waals surface area contributed by atoms with E-state index >= 15 is 0 Å². The molecule has 32 heavy (non-hydrogen) atoms. The topological polar surface area (TPSA) is 46.5 Å². The molecule has 1 heterocycles. The minimum absolute atomic E-state index is 0.0610. The molecule has 0 aliphatic heterocycles. The van der Waals surface area contributed by atoms with Gasteiger partial charge in [-0.15, -0.1) is 11.3 Å². The molecule has 1 aromatic heterocycles. The molecule has 0 fully saturated rings. The lowest BCUT2D eigenvalue weighted by Gasteiger charge is -2.27. The van der Waals surface area contributed by atoms with Crippen LogP contribution >= 0.6 is 11.3 Å². The van der Waals surface area contributed by atoms with Crippen LogP contribution in [0.5, 0.6) is 5.75 Å². The van der Waals surface area contributed by atoms with Gasteiger partial charge in [0.25, 0.3) is 0 Å². The fourth-order valence-corrected chi connectivity index (χ4v) is 6.05. The number of hydrogen-bond donors (Lipinski definition) is 1. The SMILES string of the molecule is CC(C)(CCO)Oc1cc2c3ccccc3c(=O)c3ccc4c5ccccc5sc1c4c32. The maximum absolute atomic E-state index is 13.4. The fourth-order valence-electron chi connectivity index (χ4n) is 4.88. The van der Waals surface area contributed by atoms with Gasteiger partial charge >= 0.3 is 0 Å². The molecule has 0 saturated carbocycles. The average Bonchev–Trinajstić information content (AvgIpc) is 2.79. The summed E-state index contributed by atoms with van der Waals surface area (Å²) >= 11 is 1.70. The van der Waals surface area contributed by atoms with E-state index in [0.29, 0.717) is 6.42 Å². The molecular weight excluding hydrogens is 416 g/mol. The Kier molecular flexibility index (Phi) is 4.19. The molecule has 158 valence electrons. The highest BCUT2D eigenvalue weighted by atomic mass is 32.1. The van der Waals surface area contributed by atoms with Crippen molar-refractivity contribution in [3.8, 4) is 5.75 Å². The first-order valence-corrected chi connectivity index (χ1v) is 11.6. The summed E-state index contributed by atoms with van der Waals surface area (Å²) in [6.45, 7) is 4.06. The average molecular weight is 439 g/mol. The zero-order chi connectivity index (χ0) is 22.0. The van der Waals surface area contributed by atoms with E-state index in [0.717, 1.165) is 48.2 Å². The normalized spacial score (nSPS) is 12.6. The maximum atomic E-state index is 13.4. The van der Waals surface area contributed by atoms with Gasteiger partial charge in [0.2, 0.25) is 0 Å². The number of rotatable bonds is 4. The molecule has 0 aliphatic carbocycles. The first-order valence-electron chi connectivity index (χ1n) is 10.8. The Morgan fingerprint density at radius 2 is 1.50 bits per heavy atom. The first kappa shape index (κ1) is 19.5. The Morgan fingerprint density at radius 1 is 0.812 bits per heavy atom. The second kappa shape index (κ2) is 6.89. The summed E-state index contributed by atoms with van der Waals surface area (Å²) in [6, 6.07) is 22.4. The third kappa shape index (κ3) is 2.73. The first-order chi connectivity index (χ1) is 15.5. The van der Waals surface area contributed by atoms with Gasteiger partial charge in [-0.3, -0.25) is 4.79 Å². The standard InChI is InChI=1S/C28H22O3S/c1-28(2,13-14-29)31-22-15-21-16-7-3-4-9-19(16)26(30)20-12-11-18-17-8-5-6-10-23(17)32-27(22)25(18)24(20)21/h3-12,15,29H,13-14H2,1-2H3. The van der Waals surface area contributed by atoms with E-state index in [1.54, 1.807) is 11.3 Å². The van der Waals surface area contributed by atoms with Gasteiger partial charge in [-0.2, -0.15) is 0 Å². The van der Waals surface area contributed by atoms with Gasteiger partial charge in [-0.05, 0) is 53.6 Å². The predicted molar refractivity (Wildman–Crippen MR) is 136 cm³/mol. The molecule has 0 radical (unpaired) electrons. The van der Waals surface area contributed by atoms with Crippen LogP contribution in [0.4, 0.5) is 0 Å². The van der Waals surface area contributed by atoms with Crippen molar-refractivity contribution >= 4 is 63.8 Å². The van der Waals surface area contributed by atoms with Gasteiger partial charge in [0.15, 0.2) is 5.43 Å². The van der Waals surface area contributed by atoms with Crippen LogP contribution in [-0.2, 0) is 0 Å². The minimum Gasteiger partial charge on any atom is -0.486 e. The zero-order valence-electron chi connectivity index (χ0n) is 17.9. The van der Waals surface area contributed by atoms with E-state index in [-0.39, 0.29) is 12.0 Å². The quantitative estimate of drug-likeness (QED) is 0.242. The molecule has 6 aromatic rings. The van der Waals surface area contributed by atoms with Crippen molar-refractivity contribution in [1.82, 2.24) is 0 Å². The molecule has 0 spiro atoms. The molecule has 5 aromatic carbocycles. The number of hydrogen-bond acceptors (Lipinski definition) is 4. The molecule has 4 heteroatoms. The Labute approximate surface area is 188 Å². The minimum atomic E-state index is -0.523. The lowest BCUT2D eigenvalue weighted by Crippen LogP contribution is -2.29. The van der Waals surface area contributed by atoms with Gasteiger partial charge in [0.1, 0.15) is 11.4 Å².